The molecule has 0 saturated carbocycles. The standard InChI is InChI=1S/C18H16F7N3OS.C2HF3O2/c1-18(13-9-11(19)5-8-14(13)20)15(16(29)28(2)17(26)27-18)10-3-6-12(7-4-10)30(21,22,23,24)25;3-2(4,5)1(6)7/h3-9,15H,1-2H3,(H2,26,27);(H,6,7)/t15-,18+;/m0./s1. The Balaban J connectivity index is 0.000000604. The Morgan fingerprint density at radius 1 is 1.05 bits per heavy atom. The summed E-state index contributed by atoms with van der Waals surface area (Å²) in [6, 6.07) is 4.11. The largest absolute Gasteiger partial charge is 0.490 e. The predicted molar refractivity (Wildman–Crippen MR) is 112 cm³/mol. The van der Waals surface area contributed by atoms with Gasteiger partial charge in [0.2, 0.25) is 5.91 Å². The topological polar surface area (TPSA) is 96.0 Å². The molecule has 2 atom stereocenters. The van der Waals surface area contributed by atoms with Gasteiger partial charge >= 0.3 is 22.4 Å². The van der Waals surface area contributed by atoms with E-state index in [-0.39, 0.29) is 29.2 Å². The smallest absolute Gasteiger partial charge is 0.475 e. The van der Waals surface area contributed by atoms with E-state index in [0.717, 1.165) is 23.1 Å². The Bertz CT molecular complexity index is 1260. The molecule has 0 unspecified atom stereocenters. The maximum atomic E-state index is 14.5. The summed E-state index contributed by atoms with van der Waals surface area (Å²) < 4.78 is 125. The number of nitrogens with zero attached hydrogens (tertiary/aromatic N) is 2. The number of hydrogen-bond donors (Lipinski definition) is 2. The van der Waals surface area contributed by atoms with Crippen LogP contribution in [0.15, 0.2) is 52.4 Å². The summed E-state index contributed by atoms with van der Waals surface area (Å²) in [5, 5.41) is 7.12. The molecule has 0 saturated heterocycles. The van der Waals surface area contributed by atoms with Crippen molar-refractivity contribution < 1.29 is 56.1 Å². The molecule has 0 radical (unpaired) electrons. The van der Waals surface area contributed by atoms with Crippen LogP contribution in [0.3, 0.4) is 0 Å². The Labute approximate surface area is 202 Å². The lowest BCUT2D eigenvalue weighted by atomic mass is 9.74. The van der Waals surface area contributed by atoms with Crippen LogP contribution in [0.5, 0.6) is 0 Å². The molecule has 0 aromatic heterocycles. The van der Waals surface area contributed by atoms with Gasteiger partial charge in [0.05, 0.1) is 5.92 Å². The lowest BCUT2D eigenvalue weighted by Crippen LogP contribution is -2.52. The molecular weight excluding hydrogens is 552 g/mol. The lowest BCUT2D eigenvalue weighted by Gasteiger charge is -2.42. The fraction of sp³-hybridized carbons (Fsp3) is 0.250. The molecule has 37 heavy (non-hydrogen) atoms. The number of aliphatic imine (C=N–C) groups is 1. The van der Waals surface area contributed by atoms with E-state index < -0.39 is 56.3 Å². The highest BCUT2D eigenvalue weighted by Gasteiger charge is 2.65. The minimum absolute atomic E-state index is 0.147. The van der Waals surface area contributed by atoms with Crippen LogP contribution in [-0.4, -0.2) is 41.1 Å². The molecule has 0 fully saturated rings. The second-order valence-electron chi connectivity index (χ2n) is 7.91. The molecule has 1 amide bonds. The highest BCUT2D eigenvalue weighted by molar-refractivity contribution is 8.45. The van der Waals surface area contributed by atoms with Gasteiger partial charge in [-0.1, -0.05) is 31.6 Å². The van der Waals surface area contributed by atoms with E-state index in [0.29, 0.717) is 12.1 Å². The molecule has 3 N–H and O–H groups in total. The van der Waals surface area contributed by atoms with Crippen molar-refractivity contribution in [3.63, 3.8) is 0 Å². The second kappa shape index (κ2) is 8.53. The number of nitrogens with two attached hydrogens (primary N) is 1. The van der Waals surface area contributed by atoms with E-state index in [9.17, 15) is 46.2 Å². The number of alkyl halides is 3. The van der Waals surface area contributed by atoms with Crippen molar-refractivity contribution in [1.29, 1.82) is 0 Å². The number of benzene rings is 2. The van der Waals surface area contributed by atoms with Crippen LogP contribution in [0.1, 0.15) is 24.0 Å². The van der Waals surface area contributed by atoms with E-state index in [1.165, 1.54) is 14.0 Å². The van der Waals surface area contributed by atoms with Crippen molar-refractivity contribution >= 4 is 28.1 Å². The maximum absolute atomic E-state index is 14.5. The molecule has 1 heterocycles. The second-order valence-corrected chi connectivity index (χ2v) is 10.3. The lowest BCUT2D eigenvalue weighted by molar-refractivity contribution is -0.192. The van der Waals surface area contributed by atoms with Gasteiger partial charge in [-0.05, 0) is 42.8 Å². The minimum atomic E-state index is -9.93. The van der Waals surface area contributed by atoms with Gasteiger partial charge in [0.1, 0.15) is 22.1 Å². The number of rotatable bonds is 3. The number of hydrogen-bond acceptors (Lipinski definition) is 4. The molecular formula is C20H17F10N3O3S. The van der Waals surface area contributed by atoms with Crippen LogP contribution in [0.4, 0.5) is 41.4 Å². The minimum Gasteiger partial charge on any atom is -0.475 e. The first-order valence-electron chi connectivity index (χ1n) is 9.61. The number of likely N-dealkylation sites (N-methyl/N-ethyl adjacent to an activating group) is 1. The van der Waals surface area contributed by atoms with Crippen LogP contribution in [0, 0.1) is 11.6 Å². The molecule has 6 nitrogen and oxygen atoms in total. The number of amides is 1. The van der Waals surface area contributed by atoms with Gasteiger partial charge in [-0.15, -0.1) is 0 Å². The molecule has 2 aromatic carbocycles. The van der Waals surface area contributed by atoms with E-state index in [4.69, 9.17) is 15.6 Å². The summed E-state index contributed by atoms with van der Waals surface area (Å²) in [6.07, 6.45) is -5.08. The van der Waals surface area contributed by atoms with Crippen molar-refractivity contribution in [2.75, 3.05) is 7.05 Å². The Morgan fingerprint density at radius 2 is 1.54 bits per heavy atom. The average Bonchev–Trinajstić information content (AvgIpc) is 2.72. The van der Waals surface area contributed by atoms with Gasteiger partial charge in [0, 0.05) is 12.6 Å². The van der Waals surface area contributed by atoms with E-state index in [1.54, 1.807) is 0 Å². The Morgan fingerprint density at radius 3 is 1.97 bits per heavy atom. The van der Waals surface area contributed by atoms with Crippen molar-refractivity contribution in [3.05, 3.63) is 65.2 Å². The Kier molecular flexibility index (Phi) is 6.85. The molecule has 2 aromatic rings. The van der Waals surface area contributed by atoms with Gasteiger partial charge in [-0.3, -0.25) is 9.69 Å². The number of carboxylic acid groups (broad SMARTS) is 1. The fourth-order valence-corrected chi connectivity index (χ4v) is 4.06. The zero-order valence-electron chi connectivity index (χ0n) is 18.5. The molecule has 206 valence electrons. The molecule has 0 bridgehead atoms. The van der Waals surface area contributed by atoms with Crippen molar-refractivity contribution in [3.8, 4) is 0 Å². The number of carbonyl (C=O) groups is 2. The summed E-state index contributed by atoms with van der Waals surface area (Å²) >= 11 is 0. The van der Waals surface area contributed by atoms with Gasteiger partial charge in [0.15, 0.2) is 5.96 Å². The fourth-order valence-electron chi connectivity index (χ4n) is 3.41. The number of carboxylic acids is 1. The van der Waals surface area contributed by atoms with Gasteiger partial charge in [0.25, 0.3) is 0 Å². The first kappa shape index (κ1) is 29.7. The highest BCUT2D eigenvalue weighted by Crippen LogP contribution is 3.02. The summed E-state index contributed by atoms with van der Waals surface area (Å²) in [6.45, 7) is 1.26. The summed E-state index contributed by atoms with van der Waals surface area (Å²) in [4.78, 5) is 24.7. The third-order valence-corrected chi connectivity index (χ3v) is 6.37. The predicted octanol–water partition coefficient (Wildman–Crippen LogP) is 6.04. The van der Waals surface area contributed by atoms with E-state index >= 15 is 0 Å². The average molecular weight is 569 g/mol. The first-order valence-corrected chi connectivity index (χ1v) is 11.6. The summed E-state index contributed by atoms with van der Waals surface area (Å²) in [5.74, 6) is -7.10. The number of aliphatic carboxylic acids is 1. The van der Waals surface area contributed by atoms with Crippen LogP contribution < -0.4 is 5.73 Å². The summed E-state index contributed by atoms with van der Waals surface area (Å²) in [7, 11) is -8.70. The quantitative estimate of drug-likeness (QED) is 0.441. The highest BCUT2D eigenvalue weighted by atomic mass is 32.5. The molecule has 3 rings (SSSR count). The van der Waals surface area contributed by atoms with Crippen LogP contribution in [0.2, 0.25) is 0 Å². The van der Waals surface area contributed by atoms with Gasteiger partial charge in [-0.2, -0.15) is 13.2 Å². The number of halogens is 10. The van der Waals surface area contributed by atoms with Crippen molar-refractivity contribution in [2.45, 2.75) is 29.5 Å². The molecule has 1 aliphatic heterocycles. The normalized spacial score (nSPS) is 22.3. The van der Waals surface area contributed by atoms with E-state index in [1.807, 2.05) is 0 Å². The maximum Gasteiger partial charge on any atom is 0.490 e. The van der Waals surface area contributed by atoms with Crippen LogP contribution >= 0.6 is 10.2 Å². The van der Waals surface area contributed by atoms with Crippen molar-refractivity contribution in [2.24, 2.45) is 10.7 Å². The van der Waals surface area contributed by atoms with Crippen molar-refractivity contribution in [1.82, 2.24) is 4.90 Å². The monoisotopic (exact) mass is 569 g/mol. The molecule has 17 heteroatoms. The molecule has 1 aliphatic rings. The SMILES string of the molecule is CN1C(=O)[C@H](c2ccc(S(F)(F)(F)(F)F)cc2)[C@@](C)(c2cc(F)ccc2F)N=C1N.O=C(O)C(F)(F)F. The van der Waals surface area contributed by atoms with E-state index in [2.05, 4.69) is 4.99 Å². The molecule has 0 aliphatic carbocycles. The number of guanidine groups is 1. The Hall–Kier alpha value is -3.50. The third-order valence-electron chi connectivity index (χ3n) is 5.21. The van der Waals surface area contributed by atoms with Crippen LogP contribution in [0.25, 0.3) is 0 Å². The molecule has 0 spiro atoms. The van der Waals surface area contributed by atoms with Gasteiger partial charge in [-0.25, -0.2) is 18.6 Å². The van der Waals surface area contributed by atoms with Crippen LogP contribution in [-0.2, 0) is 15.1 Å². The first-order chi connectivity index (χ1) is 16.4. The third kappa shape index (κ3) is 6.44. The number of carbonyl (C=O) groups excluding carboxylic acids is 1. The van der Waals surface area contributed by atoms with Gasteiger partial charge < -0.3 is 10.8 Å². The zero-order valence-corrected chi connectivity index (χ0v) is 19.4. The summed E-state index contributed by atoms with van der Waals surface area (Å²) in [5.41, 5.74) is 3.35. The zero-order chi connectivity index (χ0) is 28.8.